The molecule has 0 saturated heterocycles. The fourth-order valence-corrected chi connectivity index (χ4v) is 5.80. The van der Waals surface area contributed by atoms with E-state index in [-0.39, 0.29) is 38.6 Å². The predicted octanol–water partition coefficient (Wildman–Crippen LogP) is 10.4. The number of carboxylic acids is 1. The number of unbranched alkanes of at least 4 members (excludes halogenated alkanes) is 15. The molecule has 328 valence electrons. The topological polar surface area (TPSA) is 111 Å². The van der Waals surface area contributed by atoms with Crippen LogP contribution in [0.5, 0.6) is 0 Å². The van der Waals surface area contributed by atoms with Crippen LogP contribution in [0.25, 0.3) is 0 Å². The lowest BCUT2D eigenvalue weighted by molar-refractivity contribution is -0.870. The molecule has 0 aliphatic carbocycles. The molecule has 0 N–H and O–H groups in total. The minimum absolute atomic E-state index is 0.143. The van der Waals surface area contributed by atoms with Gasteiger partial charge in [-0.2, -0.15) is 0 Å². The van der Waals surface area contributed by atoms with Crippen molar-refractivity contribution in [2.45, 2.75) is 180 Å². The fraction of sp³-hybridized carbons (Fsp3) is 0.729. The Morgan fingerprint density at radius 1 is 0.544 bits per heavy atom. The van der Waals surface area contributed by atoms with Gasteiger partial charge in [0.05, 0.1) is 40.3 Å². The van der Waals surface area contributed by atoms with Crippen molar-refractivity contribution in [3.8, 4) is 0 Å². The molecule has 0 rings (SSSR count). The van der Waals surface area contributed by atoms with Crippen LogP contribution < -0.4 is 5.11 Å². The van der Waals surface area contributed by atoms with E-state index in [0.717, 1.165) is 77.0 Å². The van der Waals surface area contributed by atoms with Crippen LogP contribution in [-0.4, -0.2) is 82.3 Å². The van der Waals surface area contributed by atoms with Gasteiger partial charge < -0.3 is 33.3 Å². The molecule has 0 aromatic carbocycles. The van der Waals surface area contributed by atoms with Crippen molar-refractivity contribution in [3.05, 3.63) is 60.8 Å². The SMILES string of the molecule is CC/C=C\C/C=C\C/C=C\C/C=C\C/C=C\CCCCCCCCCC(=O)OC(COC(=O)CCCCCCCCCCC)COC(OCC[N+](C)(C)C)C(=O)[O-]. The Labute approximate surface area is 348 Å². The first-order valence-electron chi connectivity index (χ1n) is 22.4. The van der Waals surface area contributed by atoms with Gasteiger partial charge in [0, 0.05) is 12.8 Å². The second-order valence-electron chi connectivity index (χ2n) is 16.0. The van der Waals surface area contributed by atoms with Crippen molar-refractivity contribution in [1.82, 2.24) is 0 Å². The summed E-state index contributed by atoms with van der Waals surface area (Å²) in [6.07, 6.45) is 44.0. The molecule has 0 fully saturated rings. The van der Waals surface area contributed by atoms with E-state index in [1.807, 2.05) is 21.1 Å². The molecule has 0 aromatic rings. The Bertz CT molecular complexity index is 1120. The highest BCUT2D eigenvalue weighted by Crippen LogP contribution is 2.13. The molecule has 0 amide bonds. The summed E-state index contributed by atoms with van der Waals surface area (Å²) in [7, 11) is 5.89. The molecular formula is C48H83NO8. The molecule has 0 radical (unpaired) electrons. The summed E-state index contributed by atoms with van der Waals surface area (Å²) < 4.78 is 22.5. The standard InChI is InChI=1S/C48H83NO8/c1-6-8-10-12-14-16-17-18-19-20-21-22-23-24-25-26-27-28-29-31-33-35-37-39-46(51)57-44(43-56-48(47(52)53)54-41-40-49(3,4)5)42-55-45(50)38-36-34-32-30-15-13-11-9-7-2/h8,10,14,16,18-19,21-22,24-25,44,48H,6-7,9,11-13,15,17,20,23,26-43H2,1-5H3/b10-8-,16-14-,19-18-,22-21-,25-24-. The average Bonchev–Trinajstić information content (AvgIpc) is 3.17. The zero-order valence-corrected chi connectivity index (χ0v) is 36.9. The Hall–Kier alpha value is -3.01. The Balaban J connectivity index is 4.37. The maximum Gasteiger partial charge on any atom is 0.306 e. The third-order valence-corrected chi connectivity index (χ3v) is 9.28. The molecule has 0 saturated carbocycles. The lowest BCUT2D eigenvalue weighted by Gasteiger charge is -2.26. The van der Waals surface area contributed by atoms with E-state index >= 15 is 0 Å². The Morgan fingerprint density at radius 2 is 1.00 bits per heavy atom. The third kappa shape index (κ3) is 41.0. The van der Waals surface area contributed by atoms with E-state index in [1.54, 1.807) is 0 Å². The summed E-state index contributed by atoms with van der Waals surface area (Å²) in [5, 5.41) is 11.7. The van der Waals surface area contributed by atoms with Crippen LogP contribution >= 0.6 is 0 Å². The summed E-state index contributed by atoms with van der Waals surface area (Å²) in [5.74, 6) is -2.31. The van der Waals surface area contributed by atoms with Gasteiger partial charge >= 0.3 is 11.9 Å². The number of hydrogen-bond donors (Lipinski definition) is 0. The normalized spacial score (nSPS) is 13.5. The molecule has 9 heteroatoms. The number of quaternary nitrogens is 1. The second kappa shape index (κ2) is 39.8. The summed E-state index contributed by atoms with van der Waals surface area (Å²) in [4.78, 5) is 36.9. The van der Waals surface area contributed by atoms with Crippen molar-refractivity contribution >= 4 is 17.9 Å². The molecule has 9 nitrogen and oxygen atoms in total. The number of ether oxygens (including phenoxy) is 4. The highest BCUT2D eigenvalue weighted by atomic mass is 16.7. The summed E-state index contributed by atoms with van der Waals surface area (Å²) in [6, 6.07) is 0. The molecule has 0 aromatic heterocycles. The number of carbonyl (C=O) groups excluding carboxylic acids is 3. The first-order chi connectivity index (χ1) is 27.6. The van der Waals surface area contributed by atoms with Gasteiger partial charge in [0.15, 0.2) is 12.4 Å². The van der Waals surface area contributed by atoms with Crippen molar-refractivity contribution in [2.24, 2.45) is 0 Å². The Kier molecular flexibility index (Phi) is 37.7. The lowest BCUT2D eigenvalue weighted by atomic mass is 10.1. The largest absolute Gasteiger partial charge is 0.545 e. The lowest BCUT2D eigenvalue weighted by Crippen LogP contribution is -2.44. The van der Waals surface area contributed by atoms with Crippen LogP contribution in [0.2, 0.25) is 0 Å². The van der Waals surface area contributed by atoms with Gasteiger partial charge in [-0.1, -0.05) is 158 Å². The van der Waals surface area contributed by atoms with E-state index in [2.05, 4.69) is 74.6 Å². The van der Waals surface area contributed by atoms with Gasteiger partial charge in [0.1, 0.15) is 13.2 Å². The van der Waals surface area contributed by atoms with E-state index in [1.165, 1.54) is 57.8 Å². The van der Waals surface area contributed by atoms with Crippen LogP contribution in [0, 0.1) is 0 Å². The zero-order chi connectivity index (χ0) is 42.1. The van der Waals surface area contributed by atoms with Crippen molar-refractivity contribution in [3.63, 3.8) is 0 Å². The molecule has 0 bridgehead atoms. The number of hydrogen-bond acceptors (Lipinski definition) is 8. The van der Waals surface area contributed by atoms with Gasteiger partial charge in [0.25, 0.3) is 0 Å². The first-order valence-corrected chi connectivity index (χ1v) is 22.4. The number of esters is 2. The van der Waals surface area contributed by atoms with Gasteiger partial charge in [0.2, 0.25) is 0 Å². The van der Waals surface area contributed by atoms with E-state index < -0.39 is 24.3 Å². The quantitative estimate of drug-likeness (QED) is 0.0198. The van der Waals surface area contributed by atoms with Crippen LogP contribution in [0.1, 0.15) is 168 Å². The van der Waals surface area contributed by atoms with E-state index in [4.69, 9.17) is 18.9 Å². The number of carbonyl (C=O) groups is 3. The molecule has 57 heavy (non-hydrogen) atoms. The zero-order valence-electron chi connectivity index (χ0n) is 36.9. The van der Waals surface area contributed by atoms with Crippen LogP contribution in [-0.2, 0) is 33.3 Å². The molecule has 0 aliphatic rings. The van der Waals surface area contributed by atoms with E-state index in [0.29, 0.717) is 17.4 Å². The average molecular weight is 802 g/mol. The highest BCUT2D eigenvalue weighted by Gasteiger charge is 2.21. The molecule has 0 spiro atoms. The predicted molar refractivity (Wildman–Crippen MR) is 232 cm³/mol. The Morgan fingerprint density at radius 3 is 1.49 bits per heavy atom. The number of allylic oxidation sites excluding steroid dienone is 10. The number of aliphatic carboxylic acids is 1. The first kappa shape index (κ1) is 54.0. The van der Waals surface area contributed by atoms with Crippen molar-refractivity contribution in [1.29, 1.82) is 0 Å². The molecule has 2 atom stereocenters. The van der Waals surface area contributed by atoms with E-state index in [9.17, 15) is 19.5 Å². The summed E-state index contributed by atoms with van der Waals surface area (Å²) >= 11 is 0. The minimum atomic E-state index is -1.62. The maximum atomic E-state index is 12.7. The fourth-order valence-electron chi connectivity index (χ4n) is 5.80. The molecule has 0 heterocycles. The number of likely N-dealkylation sites (N-methyl/N-ethyl adjacent to an activating group) is 1. The monoisotopic (exact) mass is 802 g/mol. The van der Waals surface area contributed by atoms with Crippen molar-refractivity contribution < 1.29 is 42.9 Å². The number of carboxylic acid groups (broad SMARTS) is 1. The third-order valence-electron chi connectivity index (χ3n) is 9.28. The van der Waals surface area contributed by atoms with Gasteiger partial charge in [-0.25, -0.2) is 0 Å². The smallest absolute Gasteiger partial charge is 0.306 e. The van der Waals surface area contributed by atoms with Crippen LogP contribution in [0.15, 0.2) is 60.8 Å². The van der Waals surface area contributed by atoms with Crippen LogP contribution in [0.3, 0.4) is 0 Å². The second-order valence-corrected chi connectivity index (χ2v) is 16.0. The van der Waals surface area contributed by atoms with Gasteiger partial charge in [-0.3, -0.25) is 9.59 Å². The molecular weight excluding hydrogens is 719 g/mol. The van der Waals surface area contributed by atoms with Gasteiger partial charge in [-0.05, 0) is 57.8 Å². The maximum absolute atomic E-state index is 12.7. The molecule has 0 aliphatic heterocycles. The number of nitrogens with zero attached hydrogens (tertiary/aromatic N) is 1. The highest BCUT2D eigenvalue weighted by molar-refractivity contribution is 5.70. The molecule has 2 unspecified atom stereocenters. The van der Waals surface area contributed by atoms with Crippen molar-refractivity contribution in [2.75, 3.05) is 47.5 Å². The van der Waals surface area contributed by atoms with Crippen LogP contribution in [0.4, 0.5) is 0 Å². The van der Waals surface area contributed by atoms with Gasteiger partial charge in [-0.15, -0.1) is 0 Å². The number of rotatable bonds is 40. The summed E-state index contributed by atoms with van der Waals surface area (Å²) in [5.41, 5.74) is 0. The minimum Gasteiger partial charge on any atom is -0.545 e. The summed E-state index contributed by atoms with van der Waals surface area (Å²) in [6.45, 7) is 4.57.